The van der Waals surface area contributed by atoms with Crippen LogP contribution in [0.25, 0.3) is 6.08 Å². The van der Waals surface area contributed by atoms with Gasteiger partial charge in [0.1, 0.15) is 6.61 Å². The van der Waals surface area contributed by atoms with Crippen LogP contribution in [0.5, 0.6) is 23.0 Å². The number of rotatable bonds is 11. The number of halogens is 1. The molecule has 5 rings (SSSR count). The lowest BCUT2D eigenvalue weighted by molar-refractivity contribution is -0.139. The first-order valence-corrected chi connectivity index (χ1v) is 16.7. The molecular formula is C36H34BrN3O7S. The van der Waals surface area contributed by atoms with Crippen LogP contribution in [0.3, 0.4) is 0 Å². The number of esters is 1. The molecule has 0 saturated carbocycles. The maximum atomic E-state index is 14.2. The maximum Gasteiger partial charge on any atom is 0.338 e. The highest BCUT2D eigenvalue weighted by molar-refractivity contribution is 9.10. The number of carbonyl (C=O) groups is 1. The van der Waals surface area contributed by atoms with Crippen LogP contribution in [-0.2, 0) is 16.1 Å². The van der Waals surface area contributed by atoms with Crippen molar-refractivity contribution in [2.75, 3.05) is 20.8 Å². The number of hydrogen-bond acceptors (Lipinski definition) is 10. The second-order valence-electron chi connectivity index (χ2n) is 11.0. The van der Waals surface area contributed by atoms with Crippen molar-refractivity contribution in [2.24, 2.45) is 4.99 Å². The minimum Gasteiger partial charge on any atom is -0.493 e. The molecule has 0 radical (unpaired) electrons. The molecule has 2 heterocycles. The van der Waals surface area contributed by atoms with E-state index in [1.165, 1.54) is 23.0 Å². The first kappa shape index (κ1) is 34.5. The first-order valence-electron chi connectivity index (χ1n) is 15.1. The zero-order valence-corrected chi connectivity index (χ0v) is 29.7. The fourth-order valence-electron chi connectivity index (χ4n) is 5.30. The number of nitriles is 1. The fraction of sp³-hybridized carbons (Fsp3) is 0.278. The van der Waals surface area contributed by atoms with Gasteiger partial charge in [-0.25, -0.2) is 9.79 Å². The van der Waals surface area contributed by atoms with Crippen LogP contribution in [-0.4, -0.2) is 37.5 Å². The molecule has 0 amide bonds. The van der Waals surface area contributed by atoms with Crippen molar-refractivity contribution in [1.29, 1.82) is 5.26 Å². The Morgan fingerprint density at radius 3 is 2.50 bits per heavy atom. The molecular weight excluding hydrogens is 698 g/mol. The zero-order chi connectivity index (χ0) is 34.5. The number of benzene rings is 3. The molecule has 10 nitrogen and oxygen atoms in total. The van der Waals surface area contributed by atoms with Crippen LogP contribution < -0.4 is 33.8 Å². The number of thiazole rings is 1. The Morgan fingerprint density at radius 2 is 1.81 bits per heavy atom. The van der Waals surface area contributed by atoms with Gasteiger partial charge in [-0.3, -0.25) is 9.36 Å². The Balaban J connectivity index is 1.60. The van der Waals surface area contributed by atoms with Crippen molar-refractivity contribution in [3.63, 3.8) is 0 Å². The van der Waals surface area contributed by atoms with Gasteiger partial charge >= 0.3 is 5.97 Å². The summed E-state index contributed by atoms with van der Waals surface area (Å²) in [5.41, 5.74) is 2.95. The van der Waals surface area contributed by atoms with Gasteiger partial charge in [0.25, 0.3) is 5.56 Å². The summed E-state index contributed by atoms with van der Waals surface area (Å²) in [6.45, 7) is 7.63. The third-order valence-corrected chi connectivity index (χ3v) is 9.14. The highest BCUT2D eigenvalue weighted by atomic mass is 79.9. The summed E-state index contributed by atoms with van der Waals surface area (Å²) in [5.74, 6) is 1.36. The summed E-state index contributed by atoms with van der Waals surface area (Å²) < 4.78 is 31.2. The Morgan fingerprint density at radius 1 is 1.08 bits per heavy atom. The fourth-order valence-corrected chi connectivity index (χ4v) is 6.77. The highest BCUT2D eigenvalue weighted by Crippen LogP contribution is 2.37. The molecule has 0 saturated heterocycles. The monoisotopic (exact) mass is 731 g/mol. The van der Waals surface area contributed by atoms with Crippen molar-refractivity contribution in [3.8, 4) is 29.1 Å². The van der Waals surface area contributed by atoms with E-state index in [0.717, 1.165) is 5.56 Å². The van der Waals surface area contributed by atoms with E-state index in [9.17, 15) is 14.9 Å². The van der Waals surface area contributed by atoms with Gasteiger partial charge in [0.15, 0.2) is 27.8 Å². The molecule has 48 heavy (non-hydrogen) atoms. The van der Waals surface area contributed by atoms with Crippen LogP contribution in [0.4, 0.5) is 0 Å². The number of fused-ring (bicyclic) bond motifs is 1. The maximum absolute atomic E-state index is 14.2. The van der Waals surface area contributed by atoms with E-state index < -0.39 is 12.0 Å². The molecule has 0 bridgehead atoms. The quantitative estimate of drug-likeness (QED) is 0.177. The second-order valence-corrected chi connectivity index (χ2v) is 12.8. The molecule has 1 atom stereocenters. The SMILES string of the molecule is CCOC(=O)C1=C(C)N=c2s/c(=C\c3cc(OC)c(OCc4ccccc4C#N)cc3Br)c(=O)n2[C@@H]1c1ccc(OC(C)C)c(OC)c1. The number of methoxy groups -OCH3 is 2. The van der Waals surface area contributed by atoms with E-state index in [1.54, 1.807) is 63.4 Å². The Labute approximate surface area is 290 Å². The second kappa shape index (κ2) is 14.9. The minimum absolute atomic E-state index is 0.0847. The average Bonchev–Trinajstić information content (AvgIpc) is 3.37. The topological polar surface area (TPSA) is 121 Å². The van der Waals surface area contributed by atoms with Gasteiger partial charge in [0.2, 0.25) is 0 Å². The standard InChI is InChI=1S/C36H34BrN3O7S/c1-7-45-35(42)32-21(4)39-36-40(33(32)22-12-13-27(47-20(2)3)28(14-22)43-5)34(41)31(48-36)16-25-15-29(44-6)30(17-26(25)37)46-19-24-11-9-8-10-23(24)18-38/h8-17,20,33H,7,19H2,1-6H3/b31-16-/t33-/m1/s1. The van der Waals surface area contributed by atoms with Gasteiger partial charge in [0, 0.05) is 10.0 Å². The van der Waals surface area contributed by atoms with Crippen molar-refractivity contribution in [3.05, 3.63) is 112 Å². The largest absolute Gasteiger partial charge is 0.493 e. The molecule has 1 aliphatic heterocycles. The number of allylic oxidation sites excluding steroid dienone is 1. The van der Waals surface area contributed by atoms with Gasteiger partial charge in [-0.1, -0.05) is 51.5 Å². The molecule has 0 fully saturated rings. The summed E-state index contributed by atoms with van der Waals surface area (Å²) in [6, 6.07) is 17.4. The van der Waals surface area contributed by atoms with Crippen LogP contribution >= 0.6 is 27.3 Å². The van der Waals surface area contributed by atoms with Crippen LogP contribution in [0, 0.1) is 11.3 Å². The minimum atomic E-state index is -0.825. The molecule has 0 spiro atoms. The highest BCUT2D eigenvalue weighted by Gasteiger charge is 2.34. The Kier molecular flexibility index (Phi) is 10.7. The number of aromatic nitrogens is 1. The predicted octanol–water partition coefficient (Wildman–Crippen LogP) is 5.82. The molecule has 12 heteroatoms. The number of carbonyl (C=O) groups excluding carboxylic acids is 1. The van der Waals surface area contributed by atoms with Gasteiger partial charge in [0.05, 0.1) is 60.4 Å². The van der Waals surface area contributed by atoms with Crippen LogP contribution in [0.1, 0.15) is 56.0 Å². The number of hydrogen-bond donors (Lipinski definition) is 0. The summed E-state index contributed by atoms with van der Waals surface area (Å²) in [4.78, 5) is 32.7. The number of nitrogens with zero attached hydrogens (tertiary/aromatic N) is 3. The normalized spacial score (nSPS) is 14.2. The first-order chi connectivity index (χ1) is 23.1. The lowest BCUT2D eigenvalue weighted by Gasteiger charge is -2.25. The van der Waals surface area contributed by atoms with E-state index >= 15 is 0 Å². The van der Waals surface area contributed by atoms with Crippen LogP contribution in [0.2, 0.25) is 0 Å². The smallest absolute Gasteiger partial charge is 0.338 e. The van der Waals surface area contributed by atoms with E-state index in [0.29, 0.717) is 59.2 Å². The molecule has 1 aliphatic rings. The molecule has 0 unspecified atom stereocenters. The molecule has 0 aliphatic carbocycles. The van der Waals surface area contributed by atoms with E-state index in [4.69, 9.17) is 23.7 Å². The third-order valence-electron chi connectivity index (χ3n) is 7.47. The van der Waals surface area contributed by atoms with Gasteiger partial charge in [-0.2, -0.15) is 5.26 Å². The molecule has 0 N–H and O–H groups in total. The van der Waals surface area contributed by atoms with Crippen LogP contribution in [0.15, 0.2) is 80.1 Å². The van der Waals surface area contributed by atoms with Gasteiger partial charge < -0.3 is 23.7 Å². The lowest BCUT2D eigenvalue weighted by Crippen LogP contribution is -2.40. The number of ether oxygens (including phenoxy) is 5. The third kappa shape index (κ3) is 7.02. The van der Waals surface area contributed by atoms with Crippen molar-refractivity contribution in [1.82, 2.24) is 4.57 Å². The Bertz CT molecular complexity index is 2130. The van der Waals surface area contributed by atoms with E-state index in [-0.39, 0.29) is 30.5 Å². The van der Waals surface area contributed by atoms with Gasteiger partial charge in [-0.15, -0.1) is 0 Å². The Hall–Kier alpha value is -4.86. The summed E-state index contributed by atoms with van der Waals surface area (Å²) >= 11 is 4.83. The van der Waals surface area contributed by atoms with Gasteiger partial charge in [-0.05, 0) is 75.2 Å². The zero-order valence-electron chi connectivity index (χ0n) is 27.3. The predicted molar refractivity (Wildman–Crippen MR) is 185 cm³/mol. The molecule has 1 aromatic heterocycles. The summed E-state index contributed by atoms with van der Waals surface area (Å²) in [7, 11) is 3.07. The lowest BCUT2D eigenvalue weighted by atomic mass is 9.95. The summed E-state index contributed by atoms with van der Waals surface area (Å²) in [5, 5.41) is 9.43. The van der Waals surface area contributed by atoms with Crippen molar-refractivity contribution in [2.45, 2.75) is 46.4 Å². The molecule has 3 aromatic carbocycles. The van der Waals surface area contributed by atoms with E-state index in [1.807, 2.05) is 32.0 Å². The molecule has 248 valence electrons. The average molecular weight is 733 g/mol. The van der Waals surface area contributed by atoms with Crippen molar-refractivity contribution >= 4 is 39.3 Å². The molecule has 4 aromatic rings. The van der Waals surface area contributed by atoms with E-state index in [2.05, 4.69) is 27.0 Å². The summed E-state index contributed by atoms with van der Waals surface area (Å²) in [6.07, 6.45) is 1.66. The van der Waals surface area contributed by atoms with Crippen molar-refractivity contribution < 1.29 is 28.5 Å².